The fourth-order valence-corrected chi connectivity index (χ4v) is 3.80. The molecule has 0 saturated heterocycles. The van der Waals surface area contributed by atoms with Gasteiger partial charge in [-0.3, -0.25) is 4.79 Å². The van der Waals surface area contributed by atoms with Gasteiger partial charge in [0.1, 0.15) is 0 Å². The summed E-state index contributed by atoms with van der Waals surface area (Å²) in [5, 5.41) is 18.0. The molecular weight excluding hydrogens is 412 g/mol. The maximum absolute atomic E-state index is 12.2. The van der Waals surface area contributed by atoms with Crippen molar-refractivity contribution in [2.45, 2.75) is 103 Å². The third kappa shape index (κ3) is 13.5. The average Bonchev–Trinajstić information content (AvgIpc) is 2.79. The number of aliphatic carboxylic acids is 1. The summed E-state index contributed by atoms with van der Waals surface area (Å²) in [6.07, 6.45) is 16.2. The van der Waals surface area contributed by atoms with Gasteiger partial charge in [0.2, 0.25) is 0 Å². The molecule has 0 rings (SSSR count). The van der Waals surface area contributed by atoms with Crippen molar-refractivity contribution in [3.63, 3.8) is 0 Å². The third-order valence-electron chi connectivity index (χ3n) is 5.80. The highest BCUT2D eigenvalue weighted by Gasteiger charge is 2.30. The highest BCUT2D eigenvalue weighted by Crippen LogP contribution is 2.24. The normalized spacial score (nSPS) is 12.8. The van der Waals surface area contributed by atoms with Crippen LogP contribution in [0.25, 0.3) is 0 Å². The Morgan fingerprint density at radius 1 is 0.656 bits per heavy atom. The van der Waals surface area contributed by atoms with E-state index in [2.05, 4.69) is 0 Å². The first kappa shape index (κ1) is 30.1. The van der Waals surface area contributed by atoms with Crippen LogP contribution in [0.3, 0.4) is 0 Å². The monoisotopic (exact) mass is 456 g/mol. The van der Waals surface area contributed by atoms with Gasteiger partial charge < -0.3 is 19.7 Å². The maximum atomic E-state index is 12.2. The highest BCUT2D eigenvalue weighted by atomic mass is 16.5. The Labute approximate surface area is 193 Å². The fraction of sp³-hybridized carbons (Fsp3) is 0.800. The summed E-state index contributed by atoms with van der Waals surface area (Å²) in [6.45, 7) is 1.68. The first-order valence-electron chi connectivity index (χ1n) is 12.1. The van der Waals surface area contributed by atoms with E-state index in [4.69, 9.17) is 14.6 Å². The van der Waals surface area contributed by atoms with Crippen LogP contribution in [0.4, 0.5) is 0 Å². The second kappa shape index (κ2) is 19.8. The van der Waals surface area contributed by atoms with Crippen LogP contribution in [0.5, 0.6) is 0 Å². The van der Waals surface area contributed by atoms with Crippen molar-refractivity contribution >= 4 is 17.9 Å². The van der Waals surface area contributed by atoms with Gasteiger partial charge in [-0.25, -0.2) is 9.59 Å². The van der Waals surface area contributed by atoms with Crippen molar-refractivity contribution in [1.82, 2.24) is 0 Å². The maximum Gasteiger partial charge on any atom is 0.335 e. The van der Waals surface area contributed by atoms with Crippen LogP contribution in [0.1, 0.15) is 103 Å². The molecule has 0 radical (unpaired) electrons. The molecule has 0 aliphatic carbocycles. The molecule has 32 heavy (non-hydrogen) atoms. The van der Waals surface area contributed by atoms with Gasteiger partial charge in [0.05, 0.1) is 25.7 Å². The minimum atomic E-state index is -1.19. The third-order valence-corrected chi connectivity index (χ3v) is 5.80. The number of esters is 2. The number of aliphatic hydroxyl groups excluding tert-OH is 1. The van der Waals surface area contributed by atoms with Crippen molar-refractivity contribution in [3.05, 3.63) is 11.1 Å². The van der Waals surface area contributed by atoms with E-state index in [9.17, 15) is 19.5 Å². The van der Waals surface area contributed by atoms with Crippen molar-refractivity contribution in [2.24, 2.45) is 5.92 Å². The number of carboxylic acids is 1. The second-order valence-corrected chi connectivity index (χ2v) is 8.36. The number of unbranched alkanes of at least 4 members (excludes halogenated alkanes) is 13. The predicted molar refractivity (Wildman–Crippen MR) is 124 cm³/mol. The lowest BCUT2D eigenvalue weighted by molar-refractivity contribution is -0.145. The lowest BCUT2D eigenvalue weighted by Gasteiger charge is -2.15. The Kier molecular flexibility index (Phi) is 18.6. The van der Waals surface area contributed by atoms with E-state index in [1.807, 2.05) is 0 Å². The molecule has 0 saturated carbocycles. The molecule has 7 nitrogen and oxygen atoms in total. The molecule has 0 bridgehead atoms. The Balaban J connectivity index is 4.19. The molecule has 0 aromatic rings. The molecule has 0 fully saturated rings. The number of rotatable bonds is 20. The molecular formula is C25H44O7. The Morgan fingerprint density at radius 2 is 1.03 bits per heavy atom. The number of carbonyl (C=O) groups excluding carboxylic acids is 2. The molecule has 0 amide bonds. The summed E-state index contributed by atoms with van der Waals surface area (Å²) in [5.41, 5.74) is -0.0224. The number of ether oxygens (including phenoxy) is 2. The van der Waals surface area contributed by atoms with E-state index in [1.54, 1.807) is 0 Å². The summed E-state index contributed by atoms with van der Waals surface area (Å²) >= 11 is 0. The Bertz CT molecular complexity index is 569. The lowest BCUT2D eigenvalue weighted by Crippen LogP contribution is -2.24. The van der Waals surface area contributed by atoms with Gasteiger partial charge in [-0.05, 0) is 26.2 Å². The fourth-order valence-electron chi connectivity index (χ4n) is 3.80. The van der Waals surface area contributed by atoms with Crippen LogP contribution in [0, 0.1) is 5.92 Å². The molecule has 7 heteroatoms. The largest absolute Gasteiger partial charge is 0.481 e. The first-order valence-corrected chi connectivity index (χ1v) is 12.1. The molecule has 1 unspecified atom stereocenters. The first-order chi connectivity index (χ1) is 15.4. The van der Waals surface area contributed by atoms with Crippen LogP contribution >= 0.6 is 0 Å². The van der Waals surface area contributed by atoms with Crippen LogP contribution in [-0.2, 0) is 23.9 Å². The smallest absolute Gasteiger partial charge is 0.335 e. The molecule has 0 spiro atoms. The molecule has 0 aliphatic heterocycles. The summed E-state index contributed by atoms with van der Waals surface area (Å²) in [7, 11) is 2.39. The van der Waals surface area contributed by atoms with Crippen LogP contribution in [0.2, 0.25) is 0 Å². The second-order valence-electron chi connectivity index (χ2n) is 8.36. The van der Waals surface area contributed by atoms with E-state index in [-0.39, 0.29) is 11.1 Å². The Morgan fingerprint density at radius 3 is 1.38 bits per heavy atom. The molecule has 0 aliphatic rings. The molecule has 186 valence electrons. The zero-order valence-corrected chi connectivity index (χ0v) is 20.3. The van der Waals surface area contributed by atoms with Gasteiger partial charge in [0.15, 0.2) is 0 Å². The number of hydrogen-bond donors (Lipinski definition) is 2. The lowest BCUT2D eigenvalue weighted by atomic mass is 9.92. The summed E-state index contributed by atoms with van der Waals surface area (Å²) in [4.78, 5) is 35.7. The van der Waals surface area contributed by atoms with Crippen molar-refractivity contribution < 1.29 is 34.1 Å². The van der Waals surface area contributed by atoms with Crippen LogP contribution in [0.15, 0.2) is 11.1 Å². The van der Waals surface area contributed by atoms with E-state index in [0.717, 1.165) is 32.1 Å². The minimum absolute atomic E-state index is 0.102. The predicted octanol–water partition coefficient (Wildman–Crippen LogP) is 5.19. The van der Waals surface area contributed by atoms with Gasteiger partial charge >= 0.3 is 17.9 Å². The average molecular weight is 457 g/mol. The van der Waals surface area contributed by atoms with Gasteiger partial charge in [-0.15, -0.1) is 0 Å². The molecule has 0 aromatic heterocycles. The SMILES string of the molecule is COC(=O)C(CCCCCCCCCCCCCCCCO)=C(C(=O)OC)C(C)C(=O)O. The Hall–Kier alpha value is -1.89. The van der Waals surface area contributed by atoms with E-state index in [1.165, 1.54) is 72.5 Å². The number of aliphatic hydroxyl groups is 1. The van der Waals surface area contributed by atoms with Crippen molar-refractivity contribution in [2.75, 3.05) is 20.8 Å². The van der Waals surface area contributed by atoms with Gasteiger partial charge in [0, 0.05) is 12.2 Å². The zero-order valence-electron chi connectivity index (χ0n) is 20.3. The minimum Gasteiger partial charge on any atom is -0.481 e. The number of carboxylic acid groups (broad SMARTS) is 1. The van der Waals surface area contributed by atoms with Gasteiger partial charge in [-0.2, -0.15) is 0 Å². The summed E-state index contributed by atoms with van der Waals surface area (Å²) < 4.78 is 9.50. The quantitative estimate of drug-likeness (QED) is 0.147. The number of hydrogen-bond acceptors (Lipinski definition) is 6. The van der Waals surface area contributed by atoms with Crippen LogP contribution in [-0.4, -0.2) is 48.9 Å². The van der Waals surface area contributed by atoms with Gasteiger partial charge in [0.25, 0.3) is 0 Å². The van der Waals surface area contributed by atoms with E-state index >= 15 is 0 Å². The van der Waals surface area contributed by atoms with Gasteiger partial charge in [-0.1, -0.05) is 77.0 Å². The molecule has 2 N–H and O–H groups in total. The van der Waals surface area contributed by atoms with Crippen LogP contribution < -0.4 is 0 Å². The van der Waals surface area contributed by atoms with E-state index < -0.39 is 23.8 Å². The summed E-state index contributed by atoms with van der Waals surface area (Å²) in [5.74, 6) is -3.80. The highest BCUT2D eigenvalue weighted by molar-refractivity contribution is 6.03. The van der Waals surface area contributed by atoms with Crippen molar-refractivity contribution in [3.8, 4) is 0 Å². The zero-order chi connectivity index (χ0) is 24.2. The number of methoxy groups -OCH3 is 2. The molecule has 0 aromatic carbocycles. The molecule has 0 heterocycles. The van der Waals surface area contributed by atoms with Crippen molar-refractivity contribution in [1.29, 1.82) is 0 Å². The standard InChI is InChI=1S/C25H44O7/c1-20(23(27)28)22(25(30)32-3)21(24(29)31-2)18-16-14-12-10-8-6-4-5-7-9-11-13-15-17-19-26/h20,26H,4-19H2,1-3H3,(H,27,28). The number of carbonyl (C=O) groups is 3. The summed E-state index contributed by atoms with van der Waals surface area (Å²) in [6, 6.07) is 0. The topological polar surface area (TPSA) is 110 Å². The molecule has 1 atom stereocenters. The van der Waals surface area contributed by atoms with E-state index in [0.29, 0.717) is 19.4 Å².